The zero-order valence-electron chi connectivity index (χ0n) is 38.9. The number of hydrogen-bond acceptors (Lipinski definition) is 16. The maximum absolute atomic E-state index is 13.9. The Morgan fingerprint density at radius 2 is 1.01 bits per heavy atom. The molecule has 9 amide bonds. The molecule has 1 aromatic rings. The lowest BCUT2D eigenvalue weighted by molar-refractivity contribution is -0.143. The SMILES string of the molecule is CSCC[C@H](NC(=O)[C@H](CCC(=O)O)NC(=O)[C@H](CCC(=O)O)NC(=O)[C@H](C)NC(=O)[C@H](CO)NC(=O)[C@@H](N)CS)C(=O)N[C@@H](CC(N)=O)C(=O)N[C@@H](Cc1ccccc1)C(=O)N[C@H](C(=O)O)C(C)C. The van der Waals surface area contributed by atoms with E-state index in [1.807, 2.05) is 0 Å². The number of nitrogens with two attached hydrogens (primary N) is 2. The van der Waals surface area contributed by atoms with Crippen molar-refractivity contribution in [2.24, 2.45) is 17.4 Å². The first-order valence-electron chi connectivity index (χ1n) is 21.7. The Morgan fingerprint density at radius 3 is 1.46 bits per heavy atom. The number of carboxylic acids is 3. The van der Waals surface area contributed by atoms with Gasteiger partial charge in [-0.15, -0.1) is 0 Å². The number of amides is 9. The Hall–Kier alpha value is -6.52. The minimum Gasteiger partial charge on any atom is -0.481 e. The summed E-state index contributed by atoms with van der Waals surface area (Å²) in [5.41, 5.74) is 11.6. The molecule has 0 aliphatic rings. The summed E-state index contributed by atoms with van der Waals surface area (Å²) in [6.07, 6.45) is -2.14. The average Bonchev–Trinajstić information content (AvgIpc) is 3.29. The fourth-order valence-electron chi connectivity index (χ4n) is 6.14. The maximum atomic E-state index is 13.9. The third-order valence-corrected chi connectivity index (χ3v) is 11.1. The molecule has 0 spiro atoms. The van der Waals surface area contributed by atoms with Gasteiger partial charge in [-0.25, -0.2) is 4.79 Å². The van der Waals surface area contributed by atoms with Crippen molar-refractivity contribution in [1.82, 2.24) is 42.5 Å². The van der Waals surface area contributed by atoms with Crippen molar-refractivity contribution in [2.45, 2.75) is 120 Å². The maximum Gasteiger partial charge on any atom is 0.326 e. The van der Waals surface area contributed by atoms with Crippen molar-refractivity contribution in [2.75, 3.05) is 24.4 Å². The number of thioether (sulfide) groups is 1. The predicted octanol–water partition coefficient (Wildman–Crippen LogP) is -4.52. The van der Waals surface area contributed by atoms with Gasteiger partial charge in [-0.05, 0) is 49.7 Å². The molecule has 1 rings (SSSR count). The van der Waals surface area contributed by atoms with Gasteiger partial charge in [0, 0.05) is 25.0 Å². The molecule has 70 heavy (non-hydrogen) atoms. The van der Waals surface area contributed by atoms with Crippen LogP contribution in [0.3, 0.4) is 0 Å². The van der Waals surface area contributed by atoms with E-state index in [0.29, 0.717) is 5.56 Å². The summed E-state index contributed by atoms with van der Waals surface area (Å²) in [5, 5.41) is 56.7. The second kappa shape index (κ2) is 31.6. The van der Waals surface area contributed by atoms with Crippen LogP contribution >= 0.6 is 24.4 Å². The van der Waals surface area contributed by atoms with Crippen LogP contribution in [-0.4, -0.2) is 170 Å². The molecule has 0 aliphatic carbocycles. The zero-order valence-corrected chi connectivity index (χ0v) is 40.6. The van der Waals surface area contributed by atoms with Crippen molar-refractivity contribution in [3.63, 3.8) is 0 Å². The van der Waals surface area contributed by atoms with Gasteiger partial charge in [0.1, 0.15) is 48.3 Å². The van der Waals surface area contributed by atoms with Crippen molar-refractivity contribution in [3.05, 3.63) is 35.9 Å². The van der Waals surface area contributed by atoms with Gasteiger partial charge in [0.05, 0.1) is 19.1 Å². The molecule has 9 atom stereocenters. The molecule has 0 unspecified atom stereocenters. The number of aliphatic carboxylic acids is 3. The number of aliphatic hydroxyl groups is 1. The van der Waals surface area contributed by atoms with Crippen LogP contribution < -0.4 is 54.0 Å². The van der Waals surface area contributed by atoms with E-state index in [1.54, 1.807) is 50.4 Å². The Morgan fingerprint density at radius 1 is 0.586 bits per heavy atom. The molecule has 28 heteroatoms. The first-order valence-corrected chi connectivity index (χ1v) is 23.8. The van der Waals surface area contributed by atoms with Crippen LogP contribution in [0.1, 0.15) is 64.9 Å². The monoisotopic (exact) mass is 1030 g/mol. The number of benzene rings is 1. The molecule has 1 aromatic carbocycles. The number of thiol groups is 1. The molecule has 0 heterocycles. The second-order valence-corrected chi connectivity index (χ2v) is 17.5. The van der Waals surface area contributed by atoms with Crippen LogP contribution in [-0.2, 0) is 64.0 Å². The quantitative estimate of drug-likeness (QED) is 0.0295. The van der Waals surface area contributed by atoms with Crippen molar-refractivity contribution < 1.29 is 78.0 Å². The van der Waals surface area contributed by atoms with Crippen LogP contribution in [0.25, 0.3) is 0 Å². The largest absolute Gasteiger partial charge is 0.481 e. The zero-order chi connectivity index (χ0) is 53.2. The number of carbonyl (C=O) groups is 12. The van der Waals surface area contributed by atoms with Gasteiger partial charge in [-0.3, -0.25) is 52.7 Å². The van der Waals surface area contributed by atoms with Crippen molar-refractivity contribution in [3.8, 4) is 0 Å². The first kappa shape index (κ1) is 61.5. The Kier molecular flexibility index (Phi) is 27.7. The summed E-state index contributed by atoms with van der Waals surface area (Å²) < 4.78 is 0. The van der Waals surface area contributed by atoms with Crippen LogP contribution in [0.2, 0.25) is 0 Å². The molecule has 0 saturated carbocycles. The predicted molar refractivity (Wildman–Crippen MR) is 253 cm³/mol. The van der Waals surface area contributed by atoms with Crippen LogP contribution in [0.4, 0.5) is 0 Å². The highest BCUT2D eigenvalue weighted by molar-refractivity contribution is 7.98. The summed E-state index contributed by atoms with van der Waals surface area (Å²) in [6.45, 7) is 3.34. The topological polar surface area (TPSA) is 434 Å². The van der Waals surface area contributed by atoms with E-state index < -0.39 is 170 Å². The van der Waals surface area contributed by atoms with Crippen molar-refractivity contribution >= 4 is 95.5 Å². The van der Waals surface area contributed by atoms with Gasteiger partial charge in [-0.2, -0.15) is 24.4 Å². The first-order chi connectivity index (χ1) is 32.8. The molecule has 0 fully saturated rings. The second-order valence-electron chi connectivity index (χ2n) is 16.1. The van der Waals surface area contributed by atoms with Gasteiger partial charge in [0.15, 0.2) is 0 Å². The number of aliphatic hydroxyl groups excluding tert-OH is 1. The molecule has 26 nitrogen and oxygen atoms in total. The van der Waals surface area contributed by atoms with E-state index in [9.17, 15) is 78.0 Å². The summed E-state index contributed by atoms with van der Waals surface area (Å²) in [7, 11) is 0. The number of carboxylic acid groups (broad SMARTS) is 3. The van der Waals surface area contributed by atoms with Gasteiger partial charge in [0.2, 0.25) is 53.2 Å². The van der Waals surface area contributed by atoms with Crippen molar-refractivity contribution in [1.29, 1.82) is 0 Å². The summed E-state index contributed by atoms with van der Waals surface area (Å²) >= 11 is 5.11. The summed E-state index contributed by atoms with van der Waals surface area (Å²) in [6, 6.07) is -5.55. The van der Waals surface area contributed by atoms with Crippen LogP contribution in [0.5, 0.6) is 0 Å². The molecule has 0 aromatic heterocycles. The van der Waals surface area contributed by atoms with E-state index in [1.165, 1.54) is 11.8 Å². The molecular formula is C42H64N10O16S2. The van der Waals surface area contributed by atoms with E-state index in [2.05, 4.69) is 55.2 Å². The normalized spacial score (nSPS) is 14.8. The lowest BCUT2D eigenvalue weighted by Gasteiger charge is -2.27. The Labute approximate surface area is 412 Å². The van der Waals surface area contributed by atoms with Gasteiger partial charge < -0.3 is 74.4 Å². The molecule has 390 valence electrons. The minimum absolute atomic E-state index is 0.101. The third kappa shape index (κ3) is 22.7. The highest BCUT2D eigenvalue weighted by Crippen LogP contribution is 2.10. The fraction of sp³-hybridized carbons (Fsp3) is 0.571. The minimum atomic E-state index is -1.77. The highest BCUT2D eigenvalue weighted by atomic mass is 32.2. The number of rotatable bonds is 33. The van der Waals surface area contributed by atoms with Gasteiger partial charge in [-0.1, -0.05) is 44.2 Å². The van der Waals surface area contributed by atoms with E-state index in [0.717, 1.165) is 6.92 Å². The van der Waals surface area contributed by atoms with E-state index in [-0.39, 0.29) is 24.3 Å². The lowest BCUT2D eigenvalue weighted by Crippen LogP contribution is -2.61. The Bertz CT molecular complexity index is 2020. The number of hydrogen-bond donors (Lipinski definition) is 15. The molecule has 0 aliphatic heterocycles. The molecule has 0 saturated heterocycles. The van der Waals surface area contributed by atoms with Crippen LogP contribution in [0, 0.1) is 5.92 Å². The summed E-state index contributed by atoms with van der Waals surface area (Å²) in [4.78, 5) is 154. The molecular weight excluding hydrogens is 965 g/mol. The standard InChI is InChI=1S/C42H64N10O16S2/c1-20(2)33(42(67)68)52-40(65)27(16-22-8-6-5-7-9-22)49-39(64)28(17-30(44)54)50-38(63)26(14-15-70-4)48-37(62)25(11-13-32(57)58)47-36(61)24(10-12-31(55)56)46-34(59)21(3)45-41(66)29(18-53)51-35(60)23(43)19-69/h5-9,20-21,23-29,33,53,69H,10-19,43H2,1-4H3,(H2,44,54)(H,45,66)(H,46,59)(H,47,61)(H,48,62)(H,49,64)(H,50,63)(H,51,60)(H,52,65)(H,55,56)(H,57,58)(H,67,68)/t21-,23-,24-,25-,26-,27-,28-,29-,33-/m0/s1. The lowest BCUT2D eigenvalue weighted by atomic mass is 10.0. The summed E-state index contributed by atoms with van der Waals surface area (Å²) in [5.74, 6) is -14.1. The van der Waals surface area contributed by atoms with Gasteiger partial charge >= 0.3 is 17.9 Å². The number of nitrogens with one attached hydrogen (secondary N) is 8. The van der Waals surface area contributed by atoms with E-state index in [4.69, 9.17) is 11.5 Å². The fourth-order valence-corrected chi connectivity index (χ4v) is 6.77. The van der Waals surface area contributed by atoms with E-state index >= 15 is 0 Å². The smallest absolute Gasteiger partial charge is 0.326 e. The Balaban J connectivity index is 3.44. The molecule has 0 radical (unpaired) electrons. The molecule has 16 N–H and O–H groups in total. The number of primary amides is 1. The third-order valence-electron chi connectivity index (χ3n) is 10.1. The average molecular weight is 1030 g/mol. The van der Waals surface area contributed by atoms with Gasteiger partial charge in [0.25, 0.3) is 0 Å². The number of carbonyl (C=O) groups excluding carboxylic acids is 9. The highest BCUT2D eigenvalue weighted by Gasteiger charge is 2.35. The van der Waals surface area contributed by atoms with Crippen LogP contribution in [0.15, 0.2) is 30.3 Å². The molecule has 0 bridgehead atoms.